The average Bonchev–Trinajstić information content (AvgIpc) is 2.70. The molecule has 0 bridgehead atoms. The van der Waals surface area contributed by atoms with E-state index in [1.807, 2.05) is 6.07 Å². The van der Waals surface area contributed by atoms with Crippen LogP contribution >= 0.6 is 12.4 Å². The molecular weight excluding hydrogens is 262 g/mol. The van der Waals surface area contributed by atoms with Crippen molar-refractivity contribution in [1.29, 1.82) is 0 Å². The van der Waals surface area contributed by atoms with Crippen molar-refractivity contribution in [2.45, 2.75) is 18.9 Å². The van der Waals surface area contributed by atoms with E-state index in [0.29, 0.717) is 11.3 Å². The van der Waals surface area contributed by atoms with Gasteiger partial charge in [-0.1, -0.05) is 0 Å². The fraction of sp³-hybridized carbons (Fsp3) is 0.333. The molecule has 0 aliphatic carbocycles. The van der Waals surface area contributed by atoms with Crippen LogP contribution in [-0.2, 0) is 0 Å². The third kappa shape index (κ3) is 2.91. The Balaban J connectivity index is 0.00000162. The minimum absolute atomic E-state index is 0. The van der Waals surface area contributed by atoms with E-state index in [2.05, 4.69) is 4.98 Å². The highest BCUT2D eigenvalue weighted by Gasteiger charge is 2.16. The number of nitrogens with two attached hydrogens (primary N) is 1. The Morgan fingerprint density at radius 1 is 1.39 bits per heavy atom. The van der Waals surface area contributed by atoms with Gasteiger partial charge in [-0.2, -0.15) is 0 Å². The Bertz CT molecular complexity index is 516. The van der Waals surface area contributed by atoms with Crippen LogP contribution in [0.2, 0.25) is 0 Å². The van der Waals surface area contributed by atoms with Crippen LogP contribution in [-0.4, -0.2) is 18.5 Å². The molecule has 0 aliphatic rings. The maximum Gasteiger partial charge on any atom is 0.240 e. The number of hydrogen-bond donors (Lipinski definition) is 2. The highest BCUT2D eigenvalue weighted by Crippen LogP contribution is 2.29. The number of halogens is 3. The zero-order valence-electron chi connectivity index (χ0n) is 9.82. The predicted octanol–water partition coefficient (Wildman–Crippen LogP) is 3.25. The molecule has 0 radical (unpaired) electrons. The number of hydrogen-bond acceptors (Lipinski definition) is 2. The summed E-state index contributed by atoms with van der Waals surface area (Å²) in [6, 6.07) is 4.77. The first-order valence-electron chi connectivity index (χ1n) is 5.30. The van der Waals surface area contributed by atoms with Gasteiger partial charge in [-0.3, -0.25) is 0 Å². The summed E-state index contributed by atoms with van der Waals surface area (Å²) in [4.78, 5) is 3.01. The summed E-state index contributed by atoms with van der Waals surface area (Å²) in [5.74, 6) is 0.683. The fourth-order valence-corrected chi connectivity index (χ4v) is 1.87. The summed E-state index contributed by atoms with van der Waals surface area (Å²) >= 11 is 0. The molecule has 2 aromatic rings. The lowest BCUT2D eigenvalue weighted by Crippen LogP contribution is -2.13. The van der Waals surface area contributed by atoms with E-state index in [0.717, 1.165) is 10.9 Å². The highest BCUT2D eigenvalue weighted by molar-refractivity contribution is 5.85. The number of alkyl halides is 2. The number of ether oxygens (including phenoxy) is 1. The molecule has 0 aliphatic heterocycles. The van der Waals surface area contributed by atoms with Gasteiger partial charge < -0.3 is 15.5 Å². The van der Waals surface area contributed by atoms with Gasteiger partial charge in [0.05, 0.1) is 7.11 Å². The van der Waals surface area contributed by atoms with Gasteiger partial charge in [-0.15, -0.1) is 12.4 Å². The van der Waals surface area contributed by atoms with Crippen LogP contribution in [0.15, 0.2) is 24.4 Å². The molecule has 1 heterocycles. The summed E-state index contributed by atoms with van der Waals surface area (Å²) in [5.41, 5.74) is 7.32. The predicted molar refractivity (Wildman–Crippen MR) is 69.6 cm³/mol. The molecule has 0 unspecified atom stereocenters. The molecule has 0 spiro atoms. The van der Waals surface area contributed by atoms with Crippen molar-refractivity contribution in [3.8, 4) is 5.75 Å². The monoisotopic (exact) mass is 276 g/mol. The maximum absolute atomic E-state index is 12.3. The zero-order valence-corrected chi connectivity index (χ0v) is 10.6. The number of rotatable bonds is 4. The smallest absolute Gasteiger partial charge is 0.240 e. The zero-order chi connectivity index (χ0) is 12.4. The van der Waals surface area contributed by atoms with E-state index in [1.54, 1.807) is 25.4 Å². The molecule has 0 amide bonds. The van der Waals surface area contributed by atoms with E-state index < -0.39 is 12.5 Å². The fourth-order valence-electron chi connectivity index (χ4n) is 1.87. The van der Waals surface area contributed by atoms with Gasteiger partial charge >= 0.3 is 0 Å². The summed E-state index contributed by atoms with van der Waals surface area (Å²) in [7, 11) is 1.56. The summed E-state index contributed by atoms with van der Waals surface area (Å²) in [5, 5.41) is 0.831. The molecule has 100 valence electrons. The van der Waals surface area contributed by atoms with E-state index >= 15 is 0 Å². The van der Waals surface area contributed by atoms with Crippen LogP contribution in [0.3, 0.4) is 0 Å². The molecule has 2 rings (SSSR count). The standard InChI is InChI=1S/C12H14F2N2O.ClH/c1-17-7-2-3-11-8(4-7)9(6-16-11)10(15)5-12(13)14;/h2-4,6,10,12,16H,5,15H2,1H3;1H/t10-;/m1./s1. The minimum atomic E-state index is -2.40. The van der Waals surface area contributed by atoms with Crippen molar-refractivity contribution in [1.82, 2.24) is 4.98 Å². The Hall–Kier alpha value is -1.33. The van der Waals surface area contributed by atoms with Crippen LogP contribution in [0, 0.1) is 0 Å². The van der Waals surface area contributed by atoms with Crippen LogP contribution in [0.1, 0.15) is 18.0 Å². The van der Waals surface area contributed by atoms with E-state index in [-0.39, 0.29) is 18.8 Å². The summed E-state index contributed by atoms with van der Waals surface area (Å²) < 4.78 is 29.7. The molecule has 1 aromatic carbocycles. The van der Waals surface area contributed by atoms with E-state index in [9.17, 15) is 8.78 Å². The lowest BCUT2D eigenvalue weighted by molar-refractivity contribution is 0.128. The van der Waals surface area contributed by atoms with Gasteiger partial charge in [0.1, 0.15) is 5.75 Å². The number of fused-ring (bicyclic) bond motifs is 1. The van der Waals surface area contributed by atoms with E-state index in [1.165, 1.54) is 0 Å². The minimum Gasteiger partial charge on any atom is -0.497 e. The lowest BCUT2D eigenvalue weighted by Gasteiger charge is -2.10. The lowest BCUT2D eigenvalue weighted by atomic mass is 10.0. The molecule has 3 N–H and O–H groups in total. The molecular formula is C12H15ClF2N2O. The number of H-pyrrole nitrogens is 1. The van der Waals surface area contributed by atoms with Gasteiger partial charge in [0, 0.05) is 29.6 Å². The van der Waals surface area contributed by atoms with Gasteiger partial charge in [-0.25, -0.2) is 8.78 Å². The van der Waals surface area contributed by atoms with Gasteiger partial charge in [-0.05, 0) is 23.8 Å². The first-order valence-corrected chi connectivity index (χ1v) is 5.30. The van der Waals surface area contributed by atoms with Crippen LogP contribution in [0.25, 0.3) is 10.9 Å². The van der Waals surface area contributed by atoms with Crippen LogP contribution < -0.4 is 10.5 Å². The quantitative estimate of drug-likeness (QED) is 0.901. The van der Waals surface area contributed by atoms with Gasteiger partial charge in [0.25, 0.3) is 0 Å². The third-order valence-corrected chi connectivity index (χ3v) is 2.75. The largest absolute Gasteiger partial charge is 0.497 e. The number of benzene rings is 1. The highest BCUT2D eigenvalue weighted by atomic mass is 35.5. The third-order valence-electron chi connectivity index (χ3n) is 2.75. The topological polar surface area (TPSA) is 51.0 Å². The van der Waals surface area contributed by atoms with Crippen molar-refractivity contribution in [2.24, 2.45) is 5.73 Å². The Kier molecular flexibility index (Phi) is 4.93. The second-order valence-corrected chi connectivity index (χ2v) is 3.89. The average molecular weight is 277 g/mol. The Morgan fingerprint density at radius 2 is 2.11 bits per heavy atom. The molecule has 6 heteroatoms. The summed E-state index contributed by atoms with van der Waals surface area (Å²) in [6.07, 6.45) is -1.07. The molecule has 0 saturated carbocycles. The maximum atomic E-state index is 12.3. The van der Waals surface area contributed by atoms with Crippen LogP contribution in [0.4, 0.5) is 8.78 Å². The van der Waals surface area contributed by atoms with Gasteiger partial charge in [0.15, 0.2) is 0 Å². The second-order valence-electron chi connectivity index (χ2n) is 3.89. The Labute approximate surface area is 110 Å². The second kappa shape index (κ2) is 6.02. The Morgan fingerprint density at radius 3 is 2.72 bits per heavy atom. The van der Waals surface area contributed by atoms with Crippen LogP contribution in [0.5, 0.6) is 5.75 Å². The first-order chi connectivity index (χ1) is 8.11. The van der Waals surface area contributed by atoms with E-state index in [4.69, 9.17) is 10.5 Å². The number of aromatic nitrogens is 1. The van der Waals surface area contributed by atoms with Crippen molar-refractivity contribution in [3.05, 3.63) is 30.0 Å². The number of nitrogens with one attached hydrogen (secondary N) is 1. The van der Waals surface area contributed by atoms with Crippen molar-refractivity contribution >= 4 is 23.3 Å². The number of aromatic amines is 1. The van der Waals surface area contributed by atoms with Crippen molar-refractivity contribution in [3.63, 3.8) is 0 Å². The molecule has 1 aromatic heterocycles. The molecule has 1 atom stereocenters. The molecule has 0 saturated heterocycles. The molecule has 3 nitrogen and oxygen atoms in total. The SMILES string of the molecule is COc1ccc2[nH]cc([C@H](N)CC(F)F)c2c1.Cl. The van der Waals surface area contributed by atoms with Crippen molar-refractivity contribution in [2.75, 3.05) is 7.11 Å². The number of methoxy groups -OCH3 is 1. The summed E-state index contributed by atoms with van der Waals surface area (Å²) in [6.45, 7) is 0. The van der Waals surface area contributed by atoms with Gasteiger partial charge in [0.2, 0.25) is 6.43 Å². The molecule has 18 heavy (non-hydrogen) atoms. The molecule has 0 fully saturated rings. The normalized spacial score (nSPS) is 12.5. The first kappa shape index (κ1) is 14.7. The van der Waals surface area contributed by atoms with Crippen molar-refractivity contribution < 1.29 is 13.5 Å².